The molecule has 2 atom stereocenters. The van der Waals surface area contributed by atoms with Gasteiger partial charge in [-0.3, -0.25) is 9.89 Å². The van der Waals surface area contributed by atoms with Crippen molar-refractivity contribution < 1.29 is 9.90 Å². The zero-order valence-corrected chi connectivity index (χ0v) is 12.4. The van der Waals surface area contributed by atoms with E-state index in [1.807, 2.05) is 24.4 Å². The summed E-state index contributed by atoms with van der Waals surface area (Å²) in [6, 6.07) is 5.68. The van der Waals surface area contributed by atoms with E-state index in [1.54, 1.807) is 24.3 Å². The lowest BCUT2D eigenvalue weighted by Gasteiger charge is -2.13. The van der Waals surface area contributed by atoms with E-state index in [0.717, 1.165) is 10.6 Å². The summed E-state index contributed by atoms with van der Waals surface area (Å²) < 4.78 is 0. The van der Waals surface area contributed by atoms with Crippen LogP contribution < -0.4 is 5.32 Å². The molecule has 3 N–H and O–H groups in total. The molecule has 0 saturated heterocycles. The molecule has 0 fully saturated rings. The van der Waals surface area contributed by atoms with Crippen LogP contribution in [0.4, 0.5) is 0 Å². The highest BCUT2D eigenvalue weighted by molar-refractivity contribution is 7.13. The van der Waals surface area contributed by atoms with Gasteiger partial charge < -0.3 is 10.4 Å². The van der Waals surface area contributed by atoms with Crippen LogP contribution >= 0.6 is 11.3 Å². The zero-order chi connectivity index (χ0) is 14.5. The van der Waals surface area contributed by atoms with Gasteiger partial charge in [0.2, 0.25) is 0 Å². The third-order valence-electron chi connectivity index (χ3n) is 2.95. The summed E-state index contributed by atoms with van der Waals surface area (Å²) in [5.41, 5.74) is 1.24. The van der Waals surface area contributed by atoms with Crippen molar-refractivity contribution >= 4 is 17.2 Å². The van der Waals surface area contributed by atoms with Gasteiger partial charge in [-0.2, -0.15) is 5.10 Å². The molecule has 0 aliphatic carbocycles. The number of aliphatic hydroxyl groups excluding tert-OH is 1. The molecule has 0 radical (unpaired) electrons. The number of thiophene rings is 1. The maximum Gasteiger partial charge on any atom is 0.271 e. The largest absolute Gasteiger partial charge is 0.393 e. The minimum atomic E-state index is -0.349. The first-order valence-corrected chi connectivity index (χ1v) is 7.49. The van der Waals surface area contributed by atoms with Crippen molar-refractivity contribution in [2.75, 3.05) is 6.54 Å². The first-order chi connectivity index (χ1) is 9.56. The van der Waals surface area contributed by atoms with Crippen LogP contribution in [0, 0.1) is 5.92 Å². The lowest BCUT2D eigenvalue weighted by atomic mass is 10.0. The van der Waals surface area contributed by atoms with E-state index >= 15 is 0 Å². The molecule has 2 rings (SSSR count). The van der Waals surface area contributed by atoms with Gasteiger partial charge in [0.1, 0.15) is 0 Å². The number of hydrogen-bond acceptors (Lipinski definition) is 4. The Morgan fingerprint density at radius 2 is 2.35 bits per heavy atom. The average molecular weight is 293 g/mol. The average Bonchev–Trinajstić information content (AvgIpc) is 3.04. The third kappa shape index (κ3) is 3.91. The van der Waals surface area contributed by atoms with Crippen molar-refractivity contribution in [3.63, 3.8) is 0 Å². The van der Waals surface area contributed by atoms with Crippen molar-refractivity contribution in [2.45, 2.75) is 26.4 Å². The van der Waals surface area contributed by atoms with Crippen LogP contribution in [0.3, 0.4) is 0 Å². The molecule has 0 aromatic carbocycles. The molecular weight excluding hydrogens is 274 g/mol. The number of hydrogen-bond donors (Lipinski definition) is 3. The van der Waals surface area contributed by atoms with Gasteiger partial charge in [0.15, 0.2) is 5.69 Å². The Kier molecular flexibility index (Phi) is 4.92. The predicted molar refractivity (Wildman–Crippen MR) is 79.7 cm³/mol. The van der Waals surface area contributed by atoms with E-state index in [0.29, 0.717) is 18.7 Å². The first-order valence-electron chi connectivity index (χ1n) is 6.62. The zero-order valence-electron chi connectivity index (χ0n) is 11.6. The molecule has 2 aromatic rings. The number of rotatable bonds is 6. The fourth-order valence-corrected chi connectivity index (χ4v) is 2.71. The highest BCUT2D eigenvalue weighted by Crippen LogP contribution is 2.22. The van der Waals surface area contributed by atoms with Gasteiger partial charge >= 0.3 is 0 Å². The Bertz CT molecular complexity index is 549. The number of aliphatic hydroxyl groups is 1. The predicted octanol–water partition coefficient (Wildman–Crippen LogP) is 2.27. The normalized spacial score (nSPS) is 13.9. The molecular formula is C14H19N3O2S. The molecule has 1 amide bonds. The Balaban J connectivity index is 1.90. The summed E-state index contributed by atoms with van der Waals surface area (Å²) in [7, 11) is 0. The summed E-state index contributed by atoms with van der Waals surface area (Å²) in [6.07, 6.45) is 0.319. The lowest BCUT2D eigenvalue weighted by Crippen LogP contribution is -2.29. The summed E-state index contributed by atoms with van der Waals surface area (Å²) in [5.74, 6) is 0.0381. The molecule has 20 heavy (non-hydrogen) atoms. The molecule has 2 heterocycles. The number of nitrogens with zero attached hydrogens (tertiary/aromatic N) is 1. The van der Waals surface area contributed by atoms with Crippen molar-refractivity contribution in [3.8, 4) is 10.6 Å². The number of nitrogens with one attached hydrogen (secondary N) is 2. The van der Waals surface area contributed by atoms with Crippen molar-refractivity contribution in [1.29, 1.82) is 0 Å². The van der Waals surface area contributed by atoms with Gasteiger partial charge in [0, 0.05) is 6.54 Å². The van der Waals surface area contributed by atoms with Gasteiger partial charge in [-0.05, 0) is 36.8 Å². The van der Waals surface area contributed by atoms with Crippen LogP contribution in [0.5, 0.6) is 0 Å². The van der Waals surface area contributed by atoms with E-state index in [1.165, 1.54) is 0 Å². The van der Waals surface area contributed by atoms with Crippen molar-refractivity contribution in [1.82, 2.24) is 15.5 Å². The molecule has 108 valence electrons. The fraction of sp³-hybridized carbons (Fsp3) is 0.429. The molecule has 2 aromatic heterocycles. The number of aromatic amines is 1. The topological polar surface area (TPSA) is 78.0 Å². The van der Waals surface area contributed by atoms with E-state index in [4.69, 9.17) is 0 Å². The van der Waals surface area contributed by atoms with E-state index < -0.39 is 0 Å². The smallest absolute Gasteiger partial charge is 0.271 e. The quantitative estimate of drug-likeness (QED) is 0.764. The van der Waals surface area contributed by atoms with Crippen molar-refractivity contribution in [3.05, 3.63) is 29.3 Å². The van der Waals surface area contributed by atoms with Crippen LogP contribution in [0.2, 0.25) is 0 Å². The monoisotopic (exact) mass is 293 g/mol. The molecule has 0 spiro atoms. The Morgan fingerprint density at radius 1 is 1.55 bits per heavy atom. The third-order valence-corrected chi connectivity index (χ3v) is 3.85. The highest BCUT2D eigenvalue weighted by Gasteiger charge is 2.13. The Labute approximate surface area is 122 Å². The van der Waals surface area contributed by atoms with Crippen LogP contribution in [0.25, 0.3) is 10.6 Å². The molecule has 0 aliphatic heterocycles. The van der Waals surface area contributed by atoms with Gasteiger partial charge in [-0.15, -0.1) is 11.3 Å². The van der Waals surface area contributed by atoms with Crippen LogP contribution in [-0.2, 0) is 0 Å². The SMILES string of the molecule is CC(O)CC(C)CNC(=O)c1cc(-c2cccs2)[nH]n1. The maximum absolute atomic E-state index is 12.0. The van der Waals surface area contributed by atoms with E-state index in [-0.39, 0.29) is 17.9 Å². The second kappa shape index (κ2) is 6.67. The second-order valence-electron chi connectivity index (χ2n) is 5.04. The summed E-state index contributed by atoms with van der Waals surface area (Å²) in [4.78, 5) is 13.0. The fourth-order valence-electron chi connectivity index (χ4n) is 2.02. The number of amides is 1. The lowest BCUT2D eigenvalue weighted by molar-refractivity contribution is 0.0934. The van der Waals surface area contributed by atoms with Crippen molar-refractivity contribution in [2.24, 2.45) is 5.92 Å². The Morgan fingerprint density at radius 3 is 3.00 bits per heavy atom. The molecule has 2 unspecified atom stereocenters. The molecule has 6 heteroatoms. The maximum atomic E-state index is 12.0. The molecule has 5 nitrogen and oxygen atoms in total. The van der Waals surface area contributed by atoms with Crippen LogP contribution in [0.1, 0.15) is 30.8 Å². The Hall–Kier alpha value is -1.66. The standard InChI is InChI=1S/C14H19N3O2S/c1-9(6-10(2)18)8-15-14(19)12-7-11(16-17-12)13-4-3-5-20-13/h3-5,7,9-10,18H,6,8H2,1-2H3,(H,15,19)(H,16,17). The second-order valence-corrected chi connectivity index (χ2v) is 5.99. The molecule has 0 aliphatic rings. The first kappa shape index (κ1) is 14.7. The summed E-state index contributed by atoms with van der Waals surface area (Å²) >= 11 is 1.60. The van der Waals surface area contributed by atoms with Gasteiger partial charge in [0.05, 0.1) is 16.7 Å². The summed E-state index contributed by atoms with van der Waals surface area (Å²) in [5, 5.41) is 21.0. The highest BCUT2D eigenvalue weighted by atomic mass is 32.1. The van der Waals surface area contributed by atoms with Crippen LogP contribution in [-0.4, -0.2) is 33.9 Å². The molecule has 0 saturated carbocycles. The van der Waals surface area contributed by atoms with Crippen LogP contribution in [0.15, 0.2) is 23.6 Å². The minimum absolute atomic E-state index is 0.193. The van der Waals surface area contributed by atoms with E-state index in [9.17, 15) is 9.90 Å². The van der Waals surface area contributed by atoms with Gasteiger partial charge in [-0.1, -0.05) is 13.0 Å². The van der Waals surface area contributed by atoms with Gasteiger partial charge in [-0.25, -0.2) is 0 Å². The number of carbonyl (C=O) groups is 1. The van der Waals surface area contributed by atoms with Gasteiger partial charge in [0.25, 0.3) is 5.91 Å². The number of H-pyrrole nitrogens is 1. The van der Waals surface area contributed by atoms with E-state index in [2.05, 4.69) is 15.5 Å². The minimum Gasteiger partial charge on any atom is -0.393 e. The number of aromatic nitrogens is 2. The molecule has 0 bridgehead atoms. The summed E-state index contributed by atoms with van der Waals surface area (Å²) in [6.45, 7) is 4.28. The number of carbonyl (C=O) groups excluding carboxylic acids is 1.